The predicted molar refractivity (Wildman–Crippen MR) is 117 cm³/mol. The van der Waals surface area contributed by atoms with E-state index in [1.807, 2.05) is 0 Å². The van der Waals surface area contributed by atoms with Crippen LogP contribution in [0.4, 0.5) is 5.69 Å². The highest BCUT2D eigenvalue weighted by Gasteiger charge is 2.18. The lowest BCUT2D eigenvalue weighted by Crippen LogP contribution is -2.15. The molecule has 0 unspecified atom stereocenters. The van der Waals surface area contributed by atoms with Gasteiger partial charge in [0.2, 0.25) is 0 Å². The van der Waals surface area contributed by atoms with Crippen LogP contribution in [0, 0.1) is 5.41 Å². The summed E-state index contributed by atoms with van der Waals surface area (Å²) in [5.74, 6) is 0. The van der Waals surface area contributed by atoms with Crippen molar-refractivity contribution in [2.45, 2.75) is 65.3 Å². The summed E-state index contributed by atoms with van der Waals surface area (Å²) in [6, 6.07) is 18.3. The number of hydrogen-bond acceptors (Lipinski definition) is 1. The van der Waals surface area contributed by atoms with Crippen LogP contribution in [-0.2, 0) is 6.42 Å². The normalized spacial score (nSPS) is 15.5. The third-order valence-electron chi connectivity index (χ3n) is 5.75. The van der Waals surface area contributed by atoms with Gasteiger partial charge in [-0.05, 0) is 60.4 Å². The van der Waals surface area contributed by atoms with Crippen molar-refractivity contribution >= 4 is 16.6 Å². The monoisotopic (exact) mass is 360 g/mol. The largest absolute Gasteiger partial charge is 0.381 e. The van der Waals surface area contributed by atoms with Gasteiger partial charge < -0.3 is 10.3 Å². The summed E-state index contributed by atoms with van der Waals surface area (Å²) in [5.41, 5.74) is 6.79. The fraction of sp³-hybridized carbons (Fsp3) is 0.440. The molecule has 2 heteroatoms. The second-order valence-electron chi connectivity index (χ2n) is 9.34. The van der Waals surface area contributed by atoms with E-state index in [0.29, 0.717) is 11.5 Å². The predicted octanol–water partition coefficient (Wildman–Crippen LogP) is 7.17. The zero-order valence-electron chi connectivity index (χ0n) is 16.9. The van der Waals surface area contributed by atoms with Crippen LogP contribution in [0.1, 0.15) is 58.4 Å². The standard InChI is InChI=1S/C25H32N2/c1-25(2,3)14-13-18-15-20-17-22(19-9-5-4-6-10-19)27-24(20)23(16-18)26-21-11-7-8-12-21/h4-6,9-10,15-17,21,26-27H,7-8,11-14H2,1-3H3. The molecule has 2 nitrogen and oxygen atoms in total. The van der Waals surface area contributed by atoms with Gasteiger partial charge in [-0.25, -0.2) is 0 Å². The Morgan fingerprint density at radius 1 is 1.00 bits per heavy atom. The molecule has 2 N–H and O–H groups in total. The second-order valence-corrected chi connectivity index (χ2v) is 9.34. The molecule has 1 aromatic heterocycles. The quantitative estimate of drug-likeness (QED) is 0.496. The number of rotatable bonds is 5. The first-order valence-corrected chi connectivity index (χ1v) is 10.5. The average molecular weight is 361 g/mol. The van der Waals surface area contributed by atoms with E-state index in [1.54, 1.807) is 0 Å². The Hall–Kier alpha value is -2.22. The number of benzene rings is 2. The van der Waals surface area contributed by atoms with Crippen LogP contribution in [0.3, 0.4) is 0 Å². The van der Waals surface area contributed by atoms with Crippen molar-refractivity contribution in [1.29, 1.82) is 0 Å². The number of nitrogens with one attached hydrogen (secondary N) is 2. The zero-order valence-corrected chi connectivity index (χ0v) is 16.9. The molecule has 1 aliphatic carbocycles. The number of aryl methyl sites for hydroxylation is 1. The van der Waals surface area contributed by atoms with Crippen molar-refractivity contribution in [1.82, 2.24) is 4.98 Å². The molecule has 1 aliphatic rings. The van der Waals surface area contributed by atoms with E-state index in [1.165, 1.54) is 65.5 Å². The molecule has 0 radical (unpaired) electrons. The lowest BCUT2D eigenvalue weighted by atomic mass is 9.88. The molecule has 142 valence electrons. The van der Waals surface area contributed by atoms with Gasteiger partial charge in [0, 0.05) is 17.1 Å². The molecule has 27 heavy (non-hydrogen) atoms. The lowest BCUT2D eigenvalue weighted by molar-refractivity contribution is 0.378. The van der Waals surface area contributed by atoms with Gasteiger partial charge in [0.05, 0.1) is 11.2 Å². The Bertz CT molecular complexity index is 893. The molecule has 0 spiro atoms. The third kappa shape index (κ3) is 4.37. The number of aromatic amines is 1. The van der Waals surface area contributed by atoms with Crippen molar-refractivity contribution in [3.63, 3.8) is 0 Å². The van der Waals surface area contributed by atoms with E-state index in [2.05, 4.69) is 79.6 Å². The fourth-order valence-electron chi connectivity index (χ4n) is 4.15. The van der Waals surface area contributed by atoms with Gasteiger partial charge in [-0.15, -0.1) is 0 Å². The molecule has 0 amide bonds. The smallest absolute Gasteiger partial charge is 0.0694 e. The van der Waals surface area contributed by atoms with Crippen molar-refractivity contribution in [2.75, 3.05) is 5.32 Å². The number of aromatic nitrogens is 1. The zero-order chi connectivity index (χ0) is 18.9. The van der Waals surface area contributed by atoms with E-state index in [-0.39, 0.29) is 0 Å². The SMILES string of the molecule is CC(C)(C)CCc1cc(NC2CCCC2)c2[nH]c(-c3ccccc3)cc2c1. The molecule has 0 atom stereocenters. The molecule has 0 saturated heterocycles. The average Bonchev–Trinajstić information content (AvgIpc) is 3.30. The summed E-state index contributed by atoms with van der Waals surface area (Å²) >= 11 is 0. The van der Waals surface area contributed by atoms with Crippen molar-refractivity contribution < 1.29 is 0 Å². The molecule has 1 fully saturated rings. The summed E-state index contributed by atoms with van der Waals surface area (Å²) in [7, 11) is 0. The Labute approximate surface area is 163 Å². The third-order valence-corrected chi connectivity index (χ3v) is 5.75. The second kappa shape index (κ2) is 7.42. The Kier molecular flexibility index (Phi) is 4.99. The first kappa shape index (κ1) is 18.2. The van der Waals surface area contributed by atoms with Crippen LogP contribution in [0.5, 0.6) is 0 Å². The van der Waals surface area contributed by atoms with Crippen molar-refractivity contribution in [3.8, 4) is 11.3 Å². The lowest BCUT2D eigenvalue weighted by Gasteiger charge is -2.19. The number of anilines is 1. The molecule has 2 aromatic carbocycles. The maximum atomic E-state index is 3.85. The first-order valence-electron chi connectivity index (χ1n) is 10.5. The minimum absolute atomic E-state index is 0.362. The minimum Gasteiger partial charge on any atom is -0.381 e. The number of fused-ring (bicyclic) bond motifs is 1. The van der Waals surface area contributed by atoms with Crippen LogP contribution < -0.4 is 5.32 Å². The summed E-state index contributed by atoms with van der Waals surface area (Å²) < 4.78 is 0. The Morgan fingerprint density at radius 3 is 2.44 bits per heavy atom. The van der Waals surface area contributed by atoms with Gasteiger partial charge in [-0.1, -0.05) is 63.9 Å². The maximum absolute atomic E-state index is 3.85. The van der Waals surface area contributed by atoms with E-state index in [0.717, 1.165) is 6.42 Å². The highest BCUT2D eigenvalue weighted by atomic mass is 14.9. The van der Waals surface area contributed by atoms with Gasteiger partial charge in [0.15, 0.2) is 0 Å². The summed E-state index contributed by atoms with van der Waals surface area (Å²) in [5, 5.41) is 5.18. The highest BCUT2D eigenvalue weighted by molar-refractivity contribution is 5.95. The first-order chi connectivity index (χ1) is 13.0. The molecule has 1 saturated carbocycles. The summed E-state index contributed by atoms with van der Waals surface area (Å²) in [6.45, 7) is 6.98. The van der Waals surface area contributed by atoms with Crippen LogP contribution in [0.25, 0.3) is 22.2 Å². The Balaban J connectivity index is 1.72. The number of hydrogen-bond donors (Lipinski definition) is 2. The van der Waals surface area contributed by atoms with Gasteiger partial charge in [0.1, 0.15) is 0 Å². The van der Waals surface area contributed by atoms with Crippen molar-refractivity contribution in [3.05, 3.63) is 54.1 Å². The van der Waals surface area contributed by atoms with E-state index in [4.69, 9.17) is 0 Å². The Morgan fingerprint density at radius 2 is 1.74 bits per heavy atom. The van der Waals surface area contributed by atoms with Gasteiger partial charge >= 0.3 is 0 Å². The molecule has 3 aromatic rings. The molecule has 1 heterocycles. The van der Waals surface area contributed by atoms with E-state index >= 15 is 0 Å². The van der Waals surface area contributed by atoms with Crippen LogP contribution in [0.2, 0.25) is 0 Å². The summed E-state index contributed by atoms with van der Waals surface area (Å²) in [4.78, 5) is 3.69. The fourth-order valence-corrected chi connectivity index (χ4v) is 4.15. The number of H-pyrrole nitrogens is 1. The van der Waals surface area contributed by atoms with Crippen LogP contribution in [0.15, 0.2) is 48.5 Å². The van der Waals surface area contributed by atoms with Crippen LogP contribution in [-0.4, -0.2) is 11.0 Å². The van der Waals surface area contributed by atoms with E-state index < -0.39 is 0 Å². The molecule has 4 rings (SSSR count). The highest BCUT2D eigenvalue weighted by Crippen LogP contribution is 2.33. The molecular weight excluding hydrogens is 328 g/mol. The van der Waals surface area contributed by atoms with Crippen LogP contribution >= 0.6 is 0 Å². The molecule has 0 aliphatic heterocycles. The summed E-state index contributed by atoms with van der Waals surface area (Å²) in [6.07, 6.45) is 7.62. The molecular formula is C25H32N2. The molecule has 0 bridgehead atoms. The maximum Gasteiger partial charge on any atom is 0.0694 e. The van der Waals surface area contributed by atoms with Crippen molar-refractivity contribution in [2.24, 2.45) is 5.41 Å². The van der Waals surface area contributed by atoms with Gasteiger partial charge in [-0.2, -0.15) is 0 Å². The van der Waals surface area contributed by atoms with Gasteiger partial charge in [0.25, 0.3) is 0 Å². The topological polar surface area (TPSA) is 27.8 Å². The minimum atomic E-state index is 0.362. The van der Waals surface area contributed by atoms with E-state index in [9.17, 15) is 0 Å². The van der Waals surface area contributed by atoms with Gasteiger partial charge in [-0.3, -0.25) is 0 Å².